The Hall–Kier alpha value is -2.23. The van der Waals surface area contributed by atoms with Gasteiger partial charge < -0.3 is 15.6 Å². The first-order chi connectivity index (χ1) is 8.78. The Balaban J connectivity index is 1.96. The molecule has 2 rings (SSSR count). The van der Waals surface area contributed by atoms with Gasteiger partial charge in [-0.05, 0) is 29.8 Å². The largest absolute Gasteiger partial charge is 0.381 e. The number of amides is 1. The van der Waals surface area contributed by atoms with Gasteiger partial charge in [-0.15, -0.1) is 0 Å². The Bertz CT molecular complexity index is 506. The van der Waals surface area contributed by atoms with Crippen LogP contribution in [0.5, 0.6) is 0 Å². The number of benzene rings is 1. The molecule has 1 aromatic heterocycles. The molecular formula is C14H17N3O. The molecule has 0 aliphatic rings. The SMILES string of the molecule is CCC(=O)Nc1cccc(NCc2cc[nH]c2)c1. The Morgan fingerprint density at radius 3 is 2.83 bits per heavy atom. The van der Waals surface area contributed by atoms with Gasteiger partial charge in [0.1, 0.15) is 0 Å². The number of aromatic amines is 1. The summed E-state index contributed by atoms with van der Waals surface area (Å²) in [4.78, 5) is 14.3. The van der Waals surface area contributed by atoms with Gasteiger partial charge in [-0.3, -0.25) is 4.79 Å². The molecule has 4 heteroatoms. The van der Waals surface area contributed by atoms with Crippen LogP contribution in [0.2, 0.25) is 0 Å². The molecule has 0 saturated heterocycles. The number of rotatable bonds is 5. The molecule has 0 aliphatic heterocycles. The number of carbonyl (C=O) groups is 1. The minimum absolute atomic E-state index is 0.0257. The lowest BCUT2D eigenvalue weighted by atomic mass is 10.2. The van der Waals surface area contributed by atoms with Crippen LogP contribution in [0.15, 0.2) is 42.7 Å². The fraction of sp³-hybridized carbons (Fsp3) is 0.214. The number of nitrogens with one attached hydrogen (secondary N) is 3. The summed E-state index contributed by atoms with van der Waals surface area (Å²) in [5.41, 5.74) is 3.00. The maximum atomic E-state index is 11.3. The summed E-state index contributed by atoms with van der Waals surface area (Å²) >= 11 is 0. The molecular weight excluding hydrogens is 226 g/mol. The summed E-state index contributed by atoms with van der Waals surface area (Å²) < 4.78 is 0. The lowest BCUT2D eigenvalue weighted by Gasteiger charge is -2.08. The van der Waals surface area contributed by atoms with E-state index < -0.39 is 0 Å². The third-order valence-corrected chi connectivity index (χ3v) is 2.63. The quantitative estimate of drug-likeness (QED) is 0.756. The number of hydrogen-bond acceptors (Lipinski definition) is 2. The van der Waals surface area contributed by atoms with Crippen LogP contribution >= 0.6 is 0 Å². The first-order valence-corrected chi connectivity index (χ1v) is 6.03. The van der Waals surface area contributed by atoms with Gasteiger partial charge in [-0.25, -0.2) is 0 Å². The molecule has 0 radical (unpaired) electrons. The highest BCUT2D eigenvalue weighted by Gasteiger charge is 2.00. The summed E-state index contributed by atoms with van der Waals surface area (Å²) in [7, 11) is 0. The topological polar surface area (TPSA) is 56.9 Å². The number of H-pyrrole nitrogens is 1. The fourth-order valence-electron chi connectivity index (χ4n) is 1.63. The normalized spacial score (nSPS) is 10.1. The molecule has 18 heavy (non-hydrogen) atoms. The molecule has 0 saturated carbocycles. The standard InChI is InChI=1S/C14H17N3O/c1-2-14(18)17-13-5-3-4-12(8-13)16-10-11-6-7-15-9-11/h3-9,15-16H,2,10H2,1H3,(H,17,18). The summed E-state index contributed by atoms with van der Waals surface area (Å²) in [5.74, 6) is 0.0257. The molecule has 1 amide bonds. The minimum Gasteiger partial charge on any atom is -0.381 e. The van der Waals surface area contributed by atoms with Crippen molar-refractivity contribution in [3.63, 3.8) is 0 Å². The second kappa shape index (κ2) is 5.91. The first kappa shape index (κ1) is 12.2. The highest BCUT2D eigenvalue weighted by molar-refractivity contribution is 5.90. The average Bonchev–Trinajstić information content (AvgIpc) is 2.90. The molecule has 1 heterocycles. The molecule has 2 aromatic rings. The molecule has 0 aliphatic carbocycles. The van der Waals surface area contributed by atoms with E-state index in [1.54, 1.807) is 0 Å². The summed E-state index contributed by atoms with van der Waals surface area (Å²) in [6.07, 6.45) is 4.34. The zero-order valence-corrected chi connectivity index (χ0v) is 10.4. The van der Waals surface area contributed by atoms with E-state index in [2.05, 4.69) is 15.6 Å². The number of anilines is 2. The second-order valence-electron chi connectivity index (χ2n) is 4.06. The molecule has 1 aromatic carbocycles. The predicted octanol–water partition coefficient (Wildman–Crippen LogP) is 2.98. The average molecular weight is 243 g/mol. The van der Waals surface area contributed by atoms with Gasteiger partial charge in [0.25, 0.3) is 0 Å². The maximum absolute atomic E-state index is 11.3. The highest BCUT2D eigenvalue weighted by Crippen LogP contribution is 2.16. The van der Waals surface area contributed by atoms with Gasteiger partial charge in [0.05, 0.1) is 0 Å². The molecule has 0 atom stereocenters. The van der Waals surface area contributed by atoms with Crippen LogP contribution < -0.4 is 10.6 Å². The highest BCUT2D eigenvalue weighted by atomic mass is 16.1. The van der Waals surface area contributed by atoms with Crippen molar-refractivity contribution in [1.29, 1.82) is 0 Å². The number of carbonyl (C=O) groups excluding carboxylic acids is 1. The van der Waals surface area contributed by atoms with E-state index in [1.165, 1.54) is 5.56 Å². The predicted molar refractivity (Wildman–Crippen MR) is 73.5 cm³/mol. The zero-order valence-electron chi connectivity index (χ0n) is 10.4. The van der Waals surface area contributed by atoms with Crippen molar-refractivity contribution in [1.82, 2.24) is 4.98 Å². The lowest BCUT2D eigenvalue weighted by molar-refractivity contribution is -0.115. The van der Waals surface area contributed by atoms with Crippen molar-refractivity contribution in [3.05, 3.63) is 48.3 Å². The van der Waals surface area contributed by atoms with Gasteiger partial charge in [0.15, 0.2) is 0 Å². The van der Waals surface area contributed by atoms with E-state index in [1.807, 2.05) is 49.6 Å². The van der Waals surface area contributed by atoms with Gasteiger partial charge in [0.2, 0.25) is 5.91 Å². The fourth-order valence-corrected chi connectivity index (χ4v) is 1.63. The van der Waals surface area contributed by atoms with Crippen molar-refractivity contribution in [2.45, 2.75) is 19.9 Å². The van der Waals surface area contributed by atoms with Gasteiger partial charge >= 0.3 is 0 Å². The first-order valence-electron chi connectivity index (χ1n) is 6.03. The summed E-state index contributed by atoms with van der Waals surface area (Å²) in [6, 6.07) is 9.74. The van der Waals surface area contributed by atoms with E-state index in [0.29, 0.717) is 6.42 Å². The van der Waals surface area contributed by atoms with Crippen LogP contribution in [0.4, 0.5) is 11.4 Å². The number of hydrogen-bond donors (Lipinski definition) is 3. The van der Waals surface area contributed by atoms with E-state index >= 15 is 0 Å². The van der Waals surface area contributed by atoms with Crippen LogP contribution in [-0.4, -0.2) is 10.9 Å². The Labute approximate surface area is 106 Å². The van der Waals surface area contributed by atoms with Crippen molar-refractivity contribution < 1.29 is 4.79 Å². The van der Waals surface area contributed by atoms with Crippen LogP contribution in [-0.2, 0) is 11.3 Å². The molecule has 0 bridgehead atoms. The monoisotopic (exact) mass is 243 g/mol. The Morgan fingerprint density at radius 2 is 2.11 bits per heavy atom. The molecule has 0 unspecified atom stereocenters. The Kier molecular flexibility index (Phi) is 4.02. The Morgan fingerprint density at radius 1 is 1.28 bits per heavy atom. The molecule has 94 valence electrons. The van der Waals surface area contributed by atoms with E-state index in [0.717, 1.165) is 17.9 Å². The van der Waals surface area contributed by atoms with Crippen molar-refractivity contribution in [2.24, 2.45) is 0 Å². The van der Waals surface area contributed by atoms with E-state index in [-0.39, 0.29) is 5.91 Å². The van der Waals surface area contributed by atoms with Crippen molar-refractivity contribution in [3.8, 4) is 0 Å². The van der Waals surface area contributed by atoms with Gasteiger partial charge in [-0.2, -0.15) is 0 Å². The molecule has 0 spiro atoms. The summed E-state index contributed by atoms with van der Waals surface area (Å²) in [5, 5.41) is 6.15. The molecule has 3 N–H and O–H groups in total. The minimum atomic E-state index is 0.0257. The van der Waals surface area contributed by atoms with Gasteiger partial charge in [-0.1, -0.05) is 13.0 Å². The van der Waals surface area contributed by atoms with Crippen LogP contribution in [0.1, 0.15) is 18.9 Å². The van der Waals surface area contributed by atoms with Gasteiger partial charge in [0, 0.05) is 36.7 Å². The third kappa shape index (κ3) is 3.38. The molecule has 0 fully saturated rings. The second-order valence-corrected chi connectivity index (χ2v) is 4.06. The van der Waals surface area contributed by atoms with Crippen molar-refractivity contribution in [2.75, 3.05) is 10.6 Å². The van der Waals surface area contributed by atoms with Crippen molar-refractivity contribution >= 4 is 17.3 Å². The van der Waals surface area contributed by atoms with Crippen LogP contribution in [0.3, 0.4) is 0 Å². The smallest absolute Gasteiger partial charge is 0.224 e. The third-order valence-electron chi connectivity index (χ3n) is 2.63. The molecule has 4 nitrogen and oxygen atoms in total. The zero-order chi connectivity index (χ0) is 12.8. The maximum Gasteiger partial charge on any atom is 0.224 e. The van der Waals surface area contributed by atoms with Crippen LogP contribution in [0.25, 0.3) is 0 Å². The number of aromatic nitrogens is 1. The van der Waals surface area contributed by atoms with E-state index in [9.17, 15) is 4.79 Å². The van der Waals surface area contributed by atoms with Crippen LogP contribution in [0, 0.1) is 0 Å². The van der Waals surface area contributed by atoms with E-state index in [4.69, 9.17) is 0 Å². The lowest BCUT2D eigenvalue weighted by Crippen LogP contribution is -2.09. The summed E-state index contributed by atoms with van der Waals surface area (Å²) in [6.45, 7) is 2.60.